The standard InChI is InChI=1S/C35H27N/c1-25-18-19-29(24-34(25)33-15-7-8-17-35(33)36-30-12-3-2-4-13-30)26-20-22-28(23-21-26)32-16-9-11-27-10-5-6-14-31(27)32/h2-24,36H,1H3. The van der Waals surface area contributed by atoms with E-state index in [0.717, 1.165) is 11.4 Å². The van der Waals surface area contributed by atoms with Crippen molar-refractivity contribution >= 4 is 22.1 Å². The van der Waals surface area contributed by atoms with Crippen molar-refractivity contribution in [1.29, 1.82) is 0 Å². The van der Waals surface area contributed by atoms with Crippen molar-refractivity contribution in [3.8, 4) is 33.4 Å². The van der Waals surface area contributed by atoms with Gasteiger partial charge in [-0.15, -0.1) is 0 Å². The number of benzene rings is 6. The minimum Gasteiger partial charge on any atom is -0.355 e. The lowest BCUT2D eigenvalue weighted by Crippen LogP contribution is -1.94. The molecule has 6 aromatic carbocycles. The number of nitrogens with one attached hydrogen (secondary N) is 1. The molecule has 0 saturated carbocycles. The second-order valence-electron chi connectivity index (χ2n) is 9.17. The van der Waals surface area contributed by atoms with Crippen molar-refractivity contribution in [2.24, 2.45) is 0 Å². The maximum absolute atomic E-state index is 3.60. The first-order chi connectivity index (χ1) is 17.8. The van der Waals surface area contributed by atoms with E-state index in [9.17, 15) is 0 Å². The second kappa shape index (κ2) is 9.56. The zero-order valence-corrected chi connectivity index (χ0v) is 20.3. The zero-order chi connectivity index (χ0) is 24.3. The number of hydrogen-bond acceptors (Lipinski definition) is 1. The molecule has 1 N–H and O–H groups in total. The number of anilines is 2. The predicted molar refractivity (Wildman–Crippen MR) is 155 cm³/mol. The number of para-hydroxylation sites is 2. The van der Waals surface area contributed by atoms with Crippen molar-refractivity contribution in [3.05, 3.63) is 145 Å². The largest absolute Gasteiger partial charge is 0.355 e. The molecular formula is C35H27N. The van der Waals surface area contributed by atoms with Gasteiger partial charge in [0.1, 0.15) is 0 Å². The molecule has 0 fully saturated rings. The highest BCUT2D eigenvalue weighted by atomic mass is 14.9. The lowest BCUT2D eigenvalue weighted by atomic mass is 9.93. The first-order valence-corrected chi connectivity index (χ1v) is 12.4. The SMILES string of the molecule is Cc1ccc(-c2ccc(-c3cccc4ccccc34)cc2)cc1-c1ccccc1Nc1ccccc1. The van der Waals surface area contributed by atoms with Crippen LogP contribution in [0.4, 0.5) is 11.4 Å². The highest BCUT2D eigenvalue weighted by Gasteiger charge is 2.10. The molecule has 0 radical (unpaired) electrons. The van der Waals surface area contributed by atoms with Gasteiger partial charge < -0.3 is 5.32 Å². The Kier molecular flexibility index (Phi) is 5.81. The van der Waals surface area contributed by atoms with Crippen LogP contribution in [-0.2, 0) is 0 Å². The van der Waals surface area contributed by atoms with Crippen molar-refractivity contribution in [2.45, 2.75) is 6.92 Å². The Morgan fingerprint density at radius 2 is 1.08 bits per heavy atom. The molecule has 0 aliphatic heterocycles. The Labute approximate surface area is 212 Å². The predicted octanol–water partition coefficient (Wildman–Crippen LogP) is 9.89. The molecule has 6 rings (SSSR count). The summed E-state index contributed by atoms with van der Waals surface area (Å²) in [4.78, 5) is 0. The third kappa shape index (κ3) is 4.28. The Balaban J connectivity index is 1.36. The molecule has 0 bridgehead atoms. The molecule has 0 aliphatic carbocycles. The Hall–Kier alpha value is -4.62. The van der Waals surface area contributed by atoms with Crippen LogP contribution in [0.2, 0.25) is 0 Å². The van der Waals surface area contributed by atoms with Crippen LogP contribution in [0.1, 0.15) is 5.56 Å². The van der Waals surface area contributed by atoms with Crippen LogP contribution < -0.4 is 5.32 Å². The molecule has 0 aromatic heterocycles. The van der Waals surface area contributed by atoms with E-state index in [1.54, 1.807) is 0 Å². The van der Waals surface area contributed by atoms with Gasteiger partial charge in [0.25, 0.3) is 0 Å². The van der Waals surface area contributed by atoms with E-state index in [1.165, 1.54) is 49.7 Å². The molecule has 6 aromatic rings. The van der Waals surface area contributed by atoms with Gasteiger partial charge in [-0.1, -0.05) is 115 Å². The molecular weight excluding hydrogens is 434 g/mol. The fraction of sp³-hybridized carbons (Fsp3) is 0.0286. The van der Waals surface area contributed by atoms with Gasteiger partial charge in [0, 0.05) is 16.9 Å². The van der Waals surface area contributed by atoms with Gasteiger partial charge in [-0.2, -0.15) is 0 Å². The van der Waals surface area contributed by atoms with Crippen LogP contribution in [-0.4, -0.2) is 0 Å². The highest BCUT2D eigenvalue weighted by Crippen LogP contribution is 2.36. The number of rotatable bonds is 5. The lowest BCUT2D eigenvalue weighted by molar-refractivity contribution is 1.44. The normalized spacial score (nSPS) is 10.9. The lowest BCUT2D eigenvalue weighted by Gasteiger charge is -2.16. The molecule has 0 atom stereocenters. The molecule has 0 amide bonds. The first kappa shape index (κ1) is 21.9. The quantitative estimate of drug-likeness (QED) is 0.269. The van der Waals surface area contributed by atoms with Gasteiger partial charge in [0.2, 0.25) is 0 Å². The molecule has 0 saturated heterocycles. The fourth-order valence-electron chi connectivity index (χ4n) is 4.92. The van der Waals surface area contributed by atoms with Gasteiger partial charge >= 0.3 is 0 Å². The van der Waals surface area contributed by atoms with Crippen LogP contribution in [0.15, 0.2) is 140 Å². The van der Waals surface area contributed by atoms with E-state index >= 15 is 0 Å². The zero-order valence-electron chi connectivity index (χ0n) is 20.3. The maximum atomic E-state index is 3.60. The van der Waals surface area contributed by atoms with Crippen LogP contribution in [0.3, 0.4) is 0 Å². The van der Waals surface area contributed by atoms with Crippen LogP contribution >= 0.6 is 0 Å². The molecule has 36 heavy (non-hydrogen) atoms. The summed E-state index contributed by atoms with van der Waals surface area (Å²) < 4.78 is 0. The summed E-state index contributed by atoms with van der Waals surface area (Å²) in [6.45, 7) is 2.18. The van der Waals surface area contributed by atoms with Gasteiger partial charge in [-0.3, -0.25) is 0 Å². The van der Waals surface area contributed by atoms with Crippen molar-refractivity contribution in [2.75, 3.05) is 5.32 Å². The molecule has 0 unspecified atom stereocenters. The number of hydrogen-bond donors (Lipinski definition) is 1. The van der Waals surface area contributed by atoms with E-state index in [2.05, 4.69) is 146 Å². The van der Waals surface area contributed by atoms with E-state index in [-0.39, 0.29) is 0 Å². The second-order valence-corrected chi connectivity index (χ2v) is 9.17. The minimum absolute atomic E-state index is 1.09. The Morgan fingerprint density at radius 1 is 0.444 bits per heavy atom. The summed E-state index contributed by atoms with van der Waals surface area (Å²) in [5, 5.41) is 6.15. The van der Waals surface area contributed by atoms with E-state index in [1.807, 2.05) is 6.07 Å². The number of fused-ring (bicyclic) bond motifs is 1. The van der Waals surface area contributed by atoms with Crippen molar-refractivity contribution < 1.29 is 0 Å². The summed E-state index contributed by atoms with van der Waals surface area (Å²) in [6.07, 6.45) is 0. The Bertz CT molecular complexity index is 1640. The average molecular weight is 462 g/mol. The van der Waals surface area contributed by atoms with Gasteiger partial charge in [0.15, 0.2) is 0 Å². The summed E-state index contributed by atoms with van der Waals surface area (Å²) >= 11 is 0. The van der Waals surface area contributed by atoms with Gasteiger partial charge in [-0.05, 0) is 75.3 Å². The van der Waals surface area contributed by atoms with Crippen LogP contribution in [0, 0.1) is 6.92 Å². The number of aryl methyl sites for hydroxylation is 1. The van der Waals surface area contributed by atoms with Gasteiger partial charge in [-0.25, -0.2) is 0 Å². The summed E-state index contributed by atoms with van der Waals surface area (Å²) in [5.41, 5.74) is 10.8. The fourth-order valence-corrected chi connectivity index (χ4v) is 4.92. The van der Waals surface area contributed by atoms with E-state index in [0.29, 0.717) is 0 Å². The topological polar surface area (TPSA) is 12.0 Å². The van der Waals surface area contributed by atoms with Crippen molar-refractivity contribution in [3.63, 3.8) is 0 Å². The summed E-state index contributed by atoms with van der Waals surface area (Å²) in [5.74, 6) is 0. The minimum atomic E-state index is 1.09. The van der Waals surface area contributed by atoms with Crippen LogP contribution in [0.25, 0.3) is 44.2 Å². The molecule has 1 nitrogen and oxygen atoms in total. The van der Waals surface area contributed by atoms with Gasteiger partial charge in [0.05, 0.1) is 0 Å². The Morgan fingerprint density at radius 3 is 1.94 bits per heavy atom. The summed E-state index contributed by atoms with van der Waals surface area (Å²) in [7, 11) is 0. The molecule has 0 heterocycles. The first-order valence-electron chi connectivity index (χ1n) is 12.4. The highest BCUT2D eigenvalue weighted by molar-refractivity contribution is 5.97. The molecule has 172 valence electrons. The van der Waals surface area contributed by atoms with E-state index < -0.39 is 0 Å². The molecule has 0 aliphatic rings. The van der Waals surface area contributed by atoms with E-state index in [4.69, 9.17) is 0 Å². The maximum Gasteiger partial charge on any atom is 0.0464 e. The summed E-state index contributed by atoms with van der Waals surface area (Å²) in [6, 6.07) is 49.7. The van der Waals surface area contributed by atoms with Crippen LogP contribution in [0.5, 0.6) is 0 Å². The molecule has 1 heteroatoms. The third-order valence-corrected chi connectivity index (χ3v) is 6.83. The van der Waals surface area contributed by atoms with Crippen molar-refractivity contribution in [1.82, 2.24) is 0 Å². The smallest absolute Gasteiger partial charge is 0.0464 e. The third-order valence-electron chi connectivity index (χ3n) is 6.83. The average Bonchev–Trinajstić information content (AvgIpc) is 2.94. The monoisotopic (exact) mass is 461 g/mol. The molecule has 0 spiro atoms.